The number of hydrogen-bond acceptors (Lipinski definition) is 7. The van der Waals surface area contributed by atoms with E-state index in [1.165, 1.54) is 6.33 Å². The molecule has 20 heavy (non-hydrogen) atoms. The van der Waals surface area contributed by atoms with E-state index in [4.69, 9.17) is 15.6 Å². The van der Waals surface area contributed by atoms with E-state index >= 15 is 0 Å². The van der Waals surface area contributed by atoms with Crippen LogP contribution < -0.4 is 5.73 Å². The zero-order valence-electron chi connectivity index (χ0n) is 11.0. The monoisotopic (exact) mass is 295 g/mol. The lowest BCUT2D eigenvalue weighted by Crippen LogP contribution is -2.13. The first-order chi connectivity index (χ1) is 9.79. The highest BCUT2D eigenvalue weighted by atomic mass is 32.2. The molecular formula is C12H17N5O2S. The van der Waals surface area contributed by atoms with Gasteiger partial charge in [-0.25, -0.2) is 15.0 Å². The molecule has 2 aromatic rings. The maximum absolute atomic E-state index is 8.79. The van der Waals surface area contributed by atoms with Gasteiger partial charge in [0.25, 0.3) is 0 Å². The summed E-state index contributed by atoms with van der Waals surface area (Å²) in [6, 6.07) is 0. The second-order valence-electron chi connectivity index (χ2n) is 4.67. The van der Waals surface area contributed by atoms with Gasteiger partial charge in [-0.3, -0.25) is 4.57 Å². The Morgan fingerprint density at radius 2 is 2.30 bits per heavy atom. The lowest BCUT2D eigenvalue weighted by molar-refractivity contribution is 0.0153. The van der Waals surface area contributed by atoms with Crippen LogP contribution in [0.2, 0.25) is 0 Å². The first-order valence-corrected chi connectivity index (χ1v) is 7.72. The molecular weight excluding hydrogens is 278 g/mol. The number of rotatable bonds is 5. The van der Waals surface area contributed by atoms with Crippen LogP contribution in [0.4, 0.5) is 5.82 Å². The molecule has 108 valence electrons. The van der Waals surface area contributed by atoms with Crippen molar-refractivity contribution in [3.8, 4) is 0 Å². The highest BCUT2D eigenvalue weighted by molar-refractivity contribution is 7.99. The second-order valence-corrected chi connectivity index (χ2v) is 5.82. The quantitative estimate of drug-likeness (QED) is 0.787. The average molecular weight is 295 g/mol. The summed E-state index contributed by atoms with van der Waals surface area (Å²) in [5.74, 6) is 2.05. The zero-order valence-corrected chi connectivity index (χ0v) is 11.8. The van der Waals surface area contributed by atoms with E-state index in [1.54, 1.807) is 18.1 Å². The summed E-state index contributed by atoms with van der Waals surface area (Å²) in [4.78, 5) is 12.4. The minimum atomic E-state index is -0.0472. The molecule has 0 unspecified atom stereocenters. The van der Waals surface area contributed by atoms with Gasteiger partial charge in [0.15, 0.2) is 11.5 Å². The predicted octanol–water partition coefficient (Wildman–Crippen LogP) is 0.812. The first kappa shape index (κ1) is 13.6. The van der Waals surface area contributed by atoms with Crippen LogP contribution in [0.25, 0.3) is 11.2 Å². The van der Waals surface area contributed by atoms with Gasteiger partial charge in [0.05, 0.1) is 19.0 Å². The van der Waals surface area contributed by atoms with Crippen LogP contribution in [0.15, 0.2) is 12.7 Å². The minimum absolute atomic E-state index is 0.0472. The number of anilines is 1. The van der Waals surface area contributed by atoms with Crippen molar-refractivity contribution >= 4 is 28.7 Å². The molecule has 3 rings (SSSR count). The Labute approximate surface area is 120 Å². The number of ether oxygens (including phenoxy) is 1. The molecule has 0 radical (unpaired) electrons. The summed E-state index contributed by atoms with van der Waals surface area (Å²) in [6.45, 7) is 0.211. The fourth-order valence-corrected chi connectivity index (χ4v) is 3.18. The van der Waals surface area contributed by atoms with Crippen LogP contribution >= 0.6 is 11.8 Å². The van der Waals surface area contributed by atoms with Crippen molar-refractivity contribution in [3.05, 3.63) is 12.7 Å². The zero-order chi connectivity index (χ0) is 13.9. The Morgan fingerprint density at radius 3 is 3.15 bits per heavy atom. The number of aromatic nitrogens is 4. The summed E-state index contributed by atoms with van der Waals surface area (Å²) >= 11 is 1.71. The Bertz CT molecular complexity index is 590. The normalized spacial score (nSPS) is 22.6. The van der Waals surface area contributed by atoms with Crippen molar-refractivity contribution in [2.75, 3.05) is 23.8 Å². The van der Waals surface area contributed by atoms with Crippen LogP contribution in [0.1, 0.15) is 19.1 Å². The van der Waals surface area contributed by atoms with E-state index in [0.717, 1.165) is 24.3 Å². The van der Waals surface area contributed by atoms with Crippen molar-refractivity contribution in [3.63, 3.8) is 0 Å². The van der Waals surface area contributed by atoms with E-state index in [1.807, 2.05) is 4.57 Å². The molecule has 0 aliphatic carbocycles. The number of fused-ring (bicyclic) bond motifs is 1. The van der Waals surface area contributed by atoms with E-state index < -0.39 is 0 Å². The van der Waals surface area contributed by atoms with E-state index in [-0.39, 0.29) is 18.9 Å². The van der Waals surface area contributed by atoms with Crippen molar-refractivity contribution < 1.29 is 9.84 Å². The fraction of sp³-hybridized carbons (Fsp3) is 0.583. The Hall–Kier alpha value is -1.38. The van der Waals surface area contributed by atoms with Crippen molar-refractivity contribution in [1.82, 2.24) is 19.5 Å². The number of aliphatic hydroxyl groups is 1. The molecule has 8 heteroatoms. The van der Waals surface area contributed by atoms with Gasteiger partial charge >= 0.3 is 0 Å². The summed E-state index contributed by atoms with van der Waals surface area (Å²) in [7, 11) is 0. The molecule has 1 aliphatic heterocycles. The molecule has 2 atom stereocenters. The highest BCUT2D eigenvalue weighted by Gasteiger charge is 2.28. The maximum Gasteiger partial charge on any atom is 0.167 e. The lowest BCUT2D eigenvalue weighted by Gasteiger charge is -2.14. The van der Waals surface area contributed by atoms with Gasteiger partial charge in [-0.2, -0.15) is 11.8 Å². The number of imidazole rings is 1. The van der Waals surface area contributed by atoms with Crippen LogP contribution in [-0.2, 0) is 4.74 Å². The predicted molar refractivity (Wildman–Crippen MR) is 77.3 cm³/mol. The number of aliphatic hydroxyl groups excluding tert-OH is 1. The van der Waals surface area contributed by atoms with Crippen molar-refractivity contribution in [1.29, 1.82) is 0 Å². The molecule has 3 N–H and O–H groups in total. The Kier molecular flexibility index (Phi) is 4.04. The molecule has 0 amide bonds. The van der Waals surface area contributed by atoms with Crippen molar-refractivity contribution in [2.45, 2.75) is 25.2 Å². The molecule has 0 saturated carbocycles. The van der Waals surface area contributed by atoms with Gasteiger partial charge in [0.2, 0.25) is 0 Å². The second kappa shape index (κ2) is 5.94. The number of nitrogens with two attached hydrogens (primary N) is 1. The average Bonchev–Trinajstić information content (AvgIpc) is 3.06. The van der Waals surface area contributed by atoms with E-state index in [2.05, 4.69) is 15.0 Å². The number of hydrogen-bond donors (Lipinski definition) is 2. The third-order valence-electron chi connectivity index (χ3n) is 3.32. The summed E-state index contributed by atoms with van der Waals surface area (Å²) < 4.78 is 7.94. The summed E-state index contributed by atoms with van der Waals surface area (Å²) in [5.41, 5.74) is 7.12. The van der Waals surface area contributed by atoms with Crippen molar-refractivity contribution in [2.24, 2.45) is 0 Å². The van der Waals surface area contributed by atoms with Gasteiger partial charge in [0, 0.05) is 11.5 Å². The standard InChI is InChI=1S/C12H17N5O2S/c13-11-10-12(15-6-14-11)17(7-16-10)9-2-1-8(19-9)5-20-4-3-18/h6-9,18H,1-5H2,(H2,13,14,15)/t8-,9+/m0/s1. The molecule has 0 aromatic carbocycles. The van der Waals surface area contributed by atoms with Gasteiger partial charge in [0.1, 0.15) is 18.1 Å². The van der Waals surface area contributed by atoms with Gasteiger partial charge in [-0.15, -0.1) is 0 Å². The number of nitrogens with zero attached hydrogens (tertiary/aromatic N) is 4. The van der Waals surface area contributed by atoms with Gasteiger partial charge in [-0.1, -0.05) is 0 Å². The fourth-order valence-electron chi connectivity index (χ4n) is 2.37. The molecule has 0 spiro atoms. The van der Waals surface area contributed by atoms with E-state index in [0.29, 0.717) is 17.0 Å². The topological polar surface area (TPSA) is 99.1 Å². The van der Waals surface area contributed by atoms with Gasteiger partial charge in [-0.05, 0) is 12.8 Å². The van der Waals surface area contributed by atoms with Crippen LogP contribution in [0.5, 0.6) is 0 Å². The van der Waals surface area contributed by atoms with Crippen LogP contribution in [0, 0.1) is 0 Å². The number of thioether (sulfide) groups is 1. The van der Waals surface area contributed by atoms with Gasteiger partial charge < -0.3 is 15.6 Å². The van der Waals surface area contributed by atoms with Crippen LogP contribution in [-0.4, -0.2) is 48.8 Å². The summed E-state index contributed by atoms with van der Waals surface area (Å²) in [5, 5.41) is 8.79. The largest absolute Gasteiger partial charge is 0.396 e. The Morgan fingerprint density at radius 1 is 1.40 bits per heavy atom. The third-order valence-corrected chi connectivity index (χ3v) is 4.40. The molecule has 0 bridgehead atoms. The lowest BCUT2D eigenvalue weighted by atomic mass is 10.2. The Balaban J connectivity index is 1.72. The maximum atomic E-state index is 8.79. The smallest absolute Gasteiger partial charge is 0.167 e. The molecule has 1 aliphatic rings. The van der Waals surface area contributed by atoms with E-state index in [9.17, 15) is 0 Å². The number of nitrogen functional groups attached to an aromatic ring is 1. The first-order valence-electron chi connectivity index (χ1n) is 6.56. The molecule has 7 nitrogen and oxygen atoms in total. The summed E-state index contributed by atoms with van der Waals surface area (Å²) in [6.07, 6.45) is 5.26. The third kappa shape index (κ3) is 2.58. The highest BCUT2D eigenvalue weighted by Crippen LogP contribution is 2.32. The molecule has 2 aromatic heterocycles. The molecule has 1 fully saturated rings. The molecule has 1 saturated heterocycles. The van der Waals surface area contributed by atoms with Crippen LogP contribution in [0.3, 0.4) is 0 Å². The molecule has 3 heterocycles. The SMILES string of the molecule is Nc1ncnc2c1ncn2[C@H]1CC[C@@H](CSCCO)O1. The minimum Gasteiger partial charge on any atom is -0.396 e.